The second kappa shape index (κ2) is 6.88. The van der Waals surface area contributed by atoms with Gasteiger partial charge >= 0.3 is 0 Å². The Kier molecular flexibility index (Phi) is 4.66. The molecule has 0 radical (unpaired) electrons. The summed E-state index contributed by atoms with van der Waals surface area (Å²) < 4.78 is 17.4. The van der Waals surface area contributed by atoms with E-state index in [-0.39, 0.29) is 23.6 Å². The summed E-state index contributed by atoms with van der Waals surface area (Å²) in [5, 5.41) is 10.8. The van der Waals surface area contributed by atoms with Gasteiger partial charge in [0, 0.05) is 22.2 Å². The van der Waals surface area contributed by atoms with Gasteiger partial charge in [0.2, 0.25) is 0 Å². The van der Waals surface area contributed by atoms with Gasteiger partial charge in [0.1, 0.15) is 25.6 Å². The molecule has 1 aliphatic heterocycles. The molecule has 0 spiro atoms. The monoisotopic (exact) mass is 393 g/mol. The summed E-state index contributed by atoms with van der Waals surface area (Å²) >= 11 is 3.44. The van der Waals surface area contributed by atoms with E-state index < -0.39 is 4.92 Å². The fourth-order valence-corrected chi connectivity index (χ4v) is 2.68. The third kappa shape index (κ3) is 3.33. The minimum atomic E-state index is -0.561. The normalized spacial score (nSPS) is 12.5. The van der Waals surface area contributed by atoms with E-state index in [2.05, 4.69) is 15.9 Å². The minimum Gasteiger partial charge on any atom is -0.488 e. The van der Waals surface area contributed by atoms with Crippen LogP contribution in [0.15, 0.2) is 34.8 Å². The number of hydrogen-bond acceptors (Lipinski definition) is 6. The van der Waals surface area contributed by atoms with Crippen LogP contribution >= 0.6 is 15.9 Å². The number of carbonyl (C=O) groups is 1. The molecule has 0 fully saturated rings. The van der Waals surface area contributed by atoms with Gasteiger partial charge < -0.3 is 14.2 Å². The van der Waals surface area contributed by atoms with Crippen LogP contribution in [0.1, 0.15) is 15.9 Å². The number of fused-ring (bicyclic) bond motifs is 1. The number of rotatable bonds is 5. The fourth-order valence-electron chi connectivity index (χ4n) is 2.25. The lowest BCUT2D eigenvalue weighted by molar-refractivity contribution is -0.384. The third-order valence-corrected chi connectivity index (χ3v) is 4.16. The highest BCUT2D eigenvalue weighted by molar-refractivity contribution is 9.10. The Morgan fingerprint density at radius 1 is 1.21 bits per heavy atom. The molecule has 2 aromatic rings. The third-order valence-electron chi connectivity index (χ3n) is 3.43. The van der Waals surface area contributed by atoms with E-state index in [1.807, 2.05) is 0 Å². The number of nitro groups is 1. The van der Waals surface area contributed by atoms with Crippen molar-refractivity contribution in [2.24, 2.45) is 0 Å². The van der Waals surface area contributed by atoms with Crippen LogP contribution in [-0.2, 0) is 6.61 Å². The molecule has 0 bridgehead atoms. The molecule has 0 amide bonds. The molecule has 0 aromatic heterocycles. The van der Waals surface area contributed by atoms with Crippen molar-refractivity contribution >= 4 is 27.9 Å². The Labute approximate surface area is 145 Å². The zero-order chi connectivity index (χ0) is 17.1. The van der Waals surface area contributed by atoms with Crippen molar-refractivity contribution in [3.63, 3.8) is 0 Å². The molecule has 0 atom stereocenters. The van der Waals surface area contributed by atoms with E-state index in [1.165, 1.54) is 18.2 Å². The Morgan fingerprint density at radius 3 is 2.58 bits per heavy atom. The Bertz CT molecular complexity index is 807. The smallest absolute Gasteiger partial charge is 0.270 e. The topological polar surface area (TPSA) is 87.9 Å². The predicted molar refractivity (Wildman–Crippen MR) is 87.9 cm³/mol. The standard InChI is InChI=1S/C16H12BrNO6/c17-13-7-16-15(22-3-4-23-16)6-11(13)9-24-14-2-1-12(18(20)21)5-10(14)8-19/h1-2,5-8H,3-4,9H2. The molecule has 0 aliphatic carbocycles. The molecule has 0 saturated heterocycles. The van der Waals surface area contributed by atoms with Gasteiger partial charge in [-0.05, 0) is 18.2 Å². The molecule has 8 heteroatoms. The number of nitro benzene ring substituents is 1. The maximum atomic E-state index is 11.1. The number of non-ortho nitro benzene ring substituents is 1. The van der Waals surface area contributed by atoms with Crippen molar-refractivity contribution in [1.82, 2.24) is 0 Å². The Hall–Kier alpha value is -2.61. The zero-order valence-corrected chi connectivity index (χ0v) is 13.9. The van der Waals surface area contributed by atoms with E-state index in [0.29, 0.717) is 31.0 Å². The predicted octanol–water partition coefficient (Wildman–Crippen LogP) is 3.52. The number of ether oxygens (including phenoxy) is 3. The van der Waals surface area contributed by atoms with Crippen molar-refractivity contribution in [1.29, 1.82) is 0 Å². The lowest BCUT2D eigenvalue weighted by atomic mass is 10.2. The van der Waals surface area contributed by atoms with Crippen LogP contribution in [0.3, 0.4) is 0 Å². The molecule has 2 aromatic carbocycles. The molecule has 1 aliphatic rings. The second-order valence-corrected chi connectivity index (χ2v) is 5.83. The Morgan fingerprint density at radius 2 is 1.92 bits per heavy atom. The van der Waals surface area contributed by atoms with E-state index in [0.717, 1.165) is 10.0 Å². The first-order valence-electron chi connectivity index (χ1n) is 7.03. The van der Waals surface area contributed by atoms with Crippen LogP contribution in [0.2, 0.25) is 0 Å². The summed E-state index contributed by atoms with van der Waals surface area (Å²) in [6.07, 6.45) is 0.529. The molecule has 0 saturated carbocycles. The highest BCUT2D eigenvalue weighted by Crippen LogP contribution is 2.36. The number of nitrogens with zero attached hydrogens (tertiary/aromatic N) is 1. The van der Waals surface area contributed by atoms with Crippen molar-refractivity contribution in [2.45, 2.75) is 6.61 Å². The number of aldehydes is 1. The Balaban J connectivity index is 1.81. The van der Waals surface area contributed by atoms with Gasteiger partial charge in [-0.1, -0.05) is 15.9 Å². The summed E-state index contributed by atoms with van der Waals surface area (Å²) in [5.74, 6) is 1.56. The summed E-state index contributed by atoms with van der Waals surface area (Å²) in [5.41, 5.74) is 0.761. The first-order valence-corrected chi connectivity index (χ1v) is 7.82. The van der Waals surface area contributed by atoms with Crippen LogP contribution in [0.5, 0.6) is 17.2 Å². The number of carbonyl (C=O) groups excluding carboxylic acids is 1. The van der Waals surface area contributed by atoms with E-state index in [1.54, 1.807) is 12.1 Å². The van der Waals surface area contributed by atoms with Gasteiger partial charge in [0.15, 0.2) is 17.8 Å². The maximum Gasteiger partial charge on any atom is 0.270 e. The molecule has 24 heavy (non-hydrogen) atoms. The van der Waals surface area contributed by atoms with Gasteiger partial charge in [-0.15, -0.1) is 0 Å². The van der Waals surface area contributed by atoms with Crippen molar-refractivity contribution < 1.29 is 23.9 Å². The largest absolute Gasteiger partial charge is 0.488 e. The lowest BCUT2D eigenvalue weighted by Crippen LogP contribution is -2.15. The van der Waals surface area contributed by atoms with E-state index in [4.69, 9.17) is 14.2 Å². The van der Waals surface area contributed by atoms with E-state index >= 15 is 0 Å². The highest BCUT2D eigenvalue weighted by Gasteiger charge is 2.16. The van der Waals surface area contributed by atoms with Crippen LogP contribution in [0.4, 0.5) is 5.69 Å². The molecular formula is C16H12BrNO6. The first kappa shape index (κ1) is 16.3. The zero-order valence-electron chi connectivity index (χ0n) is 12.4. The average molecular weight is 394 g/mol. The van der Waals surface area contributed by atoms with Gasteiger partial charge in [0.05, 0.1) is 10.5 Å². The highest BCUT2D eigenvalue weighted by atomic mass is 79.9. The summed E-state index contributed by atoms with van der Waals surface area (Å²) in [6, 6.07) is 7.48. The van der Waals surface area contributed by atoms with Crippen LogP contribution < -0.4 is 14.2 Å². The van der Waals surface area contributed by atoms with Crippen molar-refractivity contribution in [3.8, 4) is 17.2 Å². The molecular weight excluding hydrogens is 382 g/mol. The first-order chi connectivity index (χ1) is 11.6. The quantitative estimate of drug-likeness (QED) is 0.438. The van der Waals surface area contributed by atoms with Gasteiger partial charge in [-0.3, -0.25) is 14.9 Å². The minimum absolute atomic E-state index is 0.123. The summed E-state index contributed by atoms with van der Waals surface area (Å²) in [4.78, 5) is 21.3. The number of benzene rings is 2. The van der Waals surface area contributed by atoms with Crippen LogP contribution in [-0.4, -0.2) is 24.4 Å². The molecule has 0 N–H and O–H groups in total. The summed E-state index contributed by atoms with van der Waals surface area (Å²) in [6.45, 7) is 1.14. The SMILES string of the molecule is O=Cc1cc([N+](=O)[O-])ccc1OCc1cc2c(cc1Br)OCCO2. The molecule has 3 rings (SSSR count). The second-order valence-electron chi connectivity index (χ2n) is 4.97. The van der Waals surface area contributed by atoms with E-state index in [9.17, 15) is 14.9 Å². The lowest BCUT2D eigenvalue weighted by Gasteiger charge is -2.20. The summed E-state index contributed by atoms with van der Waals surface area (Å²) in [7, 11) is 0. The molecule has 1 heterocycles. The average Bonchev–Trinajstić information content (AvgIpc) is 2.59. The molecule has 0 unspecified atom stereocenters. The van der Waals surface area contributed by atoms with Gasteiger partial charge in [0.25, 0.3) is 5.69 Å². The molecule has 7 nitrogen and oxygen atoms in total. The van der Waals surface area contributed by atoms with Gasteiger partial charge in [-0.2, -0.15) is 0 Å². The maximum absolute atomic E-state index is 11.1. The van der Waals surface area contributed by atoms with Crippen LogP contribution in [0.25, 0.3) is 0 Å². The molecule has 124 valence electrons. The number of hydrogen-bond donors (Lipinski definition) is 0. The van der Waals surface area contributed by atoms with Gasteiger partial charge in [-0.25, -0.2) is 0 Å². The number of halogens is 1. The van der Waals surface area contributed by atoms with Crippen molar-refractivity contribution in [3.05, 3.63) is 56.0 Å². The van der Waals surface area contributed by atoms with Crippen molar-refractivity contribution in [2.75, 3.05) is 13.2 Å². The fraction of sp³-hybridized carbons (Fsp3) is 0.188. The van der Waals surface area contributed by atoms with Crippen LogP contribution in [0, 0.1) is 10.1 Å².